The van der Waals surface area contributed by atoms with Crippen LogP contribution < -0.4 is 15.8 Å². The molecule has 0 bridgehead atoms. The predicted molar refractivity (Wildman–Crippen MR) is 63.2 cm³/mol. The molecule has 0 heterocycles. The van der Waals surface area contributed by atoms with Gasteiger partial charge >= 0.3 is 0 Å². The van der Waals surface area contributed by atoms with Crippen molar-refractivity contribution in [2.24, 2.45) is 5.73 Å². The summed E-state index contributed by atoms with van der Waals surface area (Å²) in [6.07, 6.45) is 0.732. The Morgan fingerprint density at radius 2 is 2.17 bits per heavy atom. The van der Waals surface area contributed by atoms with Crippen LogP contribution in [0.1, 0.15) is 12.8 Å². The summed E-state index contributed by atoms with van der Waals surface area (Å²) < 4.78 is 30.8. The van der Waals surface area contributed by atoms with Crippen molar-refractivity contribution in [2.75, 3.05) is 19.7 Å². The van der Waals surface area contributed by atoms with Gasteiger partial charge in [0.1, 0.15) is 5.82 Å². The van der Waals surface area contributed by atoms with Gasteiger partial charge in [0.05, 0.1) is 6.61 Å². The minimum Gasteiger partial charge on any atom is -0.491 e. The third-order valence-corrected chi connectivity index (χ3v) is 2.17. The molecule has 0 aliphatic heterocycles. The zero-order chi connectivity index (χ0) is 13.4. The van der Waals surface area contributed by atoms with E-state index in [-0.39, 0.29) is 24.7 Å². The van der Waals surface area contributed by atoms with Crippen LogP contribution in [0.3, 0.4) is 0 Å². The molecule has 18 heavy (non-hydrogen) atoms. The zero-order valence-corrected chi connectivity index (χ0v) is 9.92. The first-order valence-electron chi connectivity index (χ1n) is 5.68. The van der Waals surface area contributed by atoms with Crippen LogP contribution in [0.4, 0.5) is 8.78 Å². The van der Waals surface area contributed by atoms with Gasteiger partial charge < -0.3 is 15.8 Å². The number of ether oxygens (including phenoxy) is 1. The van der Waals surface area contributed by atoms with E-state index in [2.05, 4.69) is 5.32 Å². The van der Waals surface area contributed by atoms with Crippen LogP contribution in [-0.2, 0) is 4.79 Å². The Bertz CT molecular complexity index is 400. The fraction of sp³-hybridized carbons (Fsp3) is 0.417. The van der Waals surface area contributed by atoms with Gasteiger partial charge in [0, 0.05) is 25.6 Å². The van der Waals surface area contributed by atoms with Crippen LogP contribution in [-0.4, -0.2) is 25.6 Å². The van der Waals surface area contributed by atoms with Crippen LogP contribution in [0.2, 0.25) is 0 Å². The lowest BCUT2D eigenvalue weighted by atomic mass is 10.3. The van der Waals surface area contributed by atoms with Crippen LogP contribution in [0, 0.1) is 11.6 Å². The molecule has 0 aliphatic rings. The molecule has 0 radical (unpaired) electrons. The summed E-state index contributed by atoms with van der Waals surface area (Å²) in [6, 6.07) is 3.09. The molecule has 0 spiro atoms. The Kier molecular flexibility index (Phi) is 6.07. The normalized spacial score (nSPS) is 10.2. The molecule has 4 nitrogen and oxygen atoms in total. The maximum atomic E-state index is 13.1. The Hall–Kier alpha value is -1.69. The molecule has 0 unspecified atom stereocenters. The Morgan fingerprint density at radius 3 is 2.83 bits per heavy atom. The Labute approximate surface area is 104 Å². The van der Waals surface area contributed by atoms with Gasteiger partial charge in [-0.05, 0) is 18.6 Å². The first-order chi connectivity index (χ1) is 8.63. The topological polar surface area (TPSA) is 64.3 Å². The van der Waals surface area contributed by atoms with E-state index in [4.69, 9.17) is 10.5 Å². The Morgan fingerprint density at radius 1 is 1.39 bits per heavy atom. The summed E-state index contributed by atoms with van der Waals surface area (Å²) in [4.78, 5) is 11.2. The molecule has 100 valence electrons. The highest BCUT2D eigenvalue weighted by atomic mass is 19.1. The molecular weight excluding hydrogens is 242 g/mol. The SMILES string of the molecule is NCCNC(=O)CCCOc1ccc(F)cc1F. The lowest BCUT2D eigenvalue weighted by Crippen LogP contribution is -2.29. The van der Waals surface area contributed by atoms with Crippen molar-refractivity contribution < 1.29 is 18.3 Å². The van der Waals surface area contributed by atoms with Gasteiger partial charge in [0.2, 0.25) is 5.91 Å². The number of amides is 1. The Balaban J connectivity index is 2.23. The van der Waals surface area contributed by atoms with Crippen molar-refractivity contribution in [1.82, 2.24) is 5.32 Å². The standard InChI is InChI=1S/C12H16F2N2O2/c13-9-3-4-11(10(14)8-9)18-7-1-2-12(17)16-6-5-15/h3-4,8H,1-2,5-7,15H2,(H,16,17). The van der Waals surface area contributed by atoms with Gasteiger partial charge in [0.15, 0.2) is 11.6 Å². The van der Waals surface area contributed by atoms with Gasteiger partial charge in [0.25, 0.3) is 0 Å². The number of hydrogen-bond donors (Lipinski definition) is 2. The van der Waals surface area contributed by atoms with Crippen LogP contribution in [0.25, 0.3) is 0 Å². The number of nitrogens with one attached hydrogen (secondary N) is 1. The predicted octanol–water partition coefficient (Wildman–Crippen LogP) is 1.20. The van der Waals surface area contributed by atoms with E-state index in [0.717, 1.165) is 12.1 Å². The number of rotatable bonds is 7. The quantitative estimate of drug-likeness (QED) is 0.722. The summed E-state index contributed by atoms with van der Waals surface area (Å²) in [5.74, 6) is -1.54. The highest BCUT2D eigenvalue weighted by molar-refractivity contribution is 5.75. The minimum absolute atomic E-state index is 0.0150. The second kappa shape index (κ2) is 7.60. The molecule has 0 aliphatic carbocycles. The van der Waals surface area contributed by atoms with Gasteiger partial charge in [-0.25, -0.2) is 8.78 Å². The number of halogens is 2. The summed E-state index contributed by atoms with van der Waals surface area (Å²) in [7, 11) is 0. The van der Waals surface area contributed by atoms with Crippen molar-refractivity contribution in [3.8, 4) is 5.75 Å². The third-order valence-electron chi connectivity index (χ3n) is 2.17. The number of carbonyl (C=O) groups is 1. The van der Waals surface area contributed by atoms with Crippen LogP contribution in [0.5, 0.6) is 5.75 Å². The van der Waals surface area contributed by atoms with E-state index in [1.165, 1.54) is 6.07 Å². The van der Waals surface area contributed by atoms with Gasteiger partial charge in [-0.2, -0.15) is 0 Å². The number of benzene rings is 1. The van der Waals surface area contributed by atoms with Gasteiger partial charge in [-0.15, -0.1) is 0 Å². The lowest BCUT2D eigenvalue weighted by Gasteiger charge is -2.07. The van der Waals surface area contributed by atoms with E-state index in [9.17, 15) is 13.6 Å². The van der Waals surface area contributed by atoms with E-state index in [1.807, 2.05) is 0 Å². The smallest absolute Gasteiger partial charge is 0.220 e. The number of nitrogens with two attached hydrogens (primary N) is 1. The molecular formula is C12H16F2N2O2. The van der Waals surface area contributed by atoms with Crippen LogP contribution >= 0.6 is 0 Å². The summed E-state index contributed by atoms with van der Waals surface area (Å²) >= 11 is 0. The lowest BCUT2D eigenvalue weighted by molar-refractivity contribution is -0.121. The van der Waals surface area contributed by atoms with Crippen LogP contribution in [0.15, 0.2) is 18.2 Å². The van der Waals surface area contributed by atoms with E-state index in [0.29, 0.717) is 19.5 Å². The molecule has 0 fully saturated rings. The number of hydrogen-bond acceptors (Lipinski definition) is 3. The number of carbonyl (C=O) groups excluding carboxylic acids is 1. The fourth-order valence-corrected chi connectivity index (χ4v) is 1.31. The third kappa shape index (κ3) is 5.09. The molecule has 6 heteroatoms. The fourth-order valence-electron chi connectivity index (χ4n) is 1.31. The summed E-state index contributed by atoms with van der Waals surface area (Å²) in [5.41, 5.74) is 5.22. The molecule has 1 rings (SSSR count). The maximum Gasteiger partial charge on any atom is 0.220 e. The van der Waals surface area contributed by atoms with Gasteiger partial charge in [-0.1, -0.05) is 0 Å². The van der Waals surface area contributed by atoms with Gasteiger partial charge in [-0.3, -0.25) is 4.79 Å². The van der Waals surface area contributed by atoms with E-state index >= 15 is 0 Å². The zero-order valence-electron chi connectivity index (χ0n) is 9.92. The van der Waals surface area contributed by atoms with Crippen molar-refractivity contribution in [1.29, 1.82) is 0 Å². The average molecular weight is 258 g/mol. The molecule has 0 saturated heterocycles. The van der Waals surface area contributed by atoms with Crippen molar-refractivity contribution in [3.63, 3.8) is 0 Å². The van der Waals surface area contributed by atoms with Crippen molar-refractivity contribution >= 4 is 5.91 Å². The first kappa shape index (κ1) is 14.4. The molecule has 1 amide bonds. The first-order valence-corrected chi connectivity index (χ1v) is 5.68. The second-order valence-corrected chi connectivity index (χ2v) is 3.67. The largest absolute Gasteiger partial charge is 0.491 e. The molecule has 1 aromatic carbocycles. The average Bonchev–Trinajstić information content (AvgIpc) is 2.34. The molecule has 0 atom stereocenters. The van der Waals surface area contributed by atoms with Crippen molar-refractivity contribution in [3.05, 3.63) is 29.8 Å². The minimum atomic E-state index is -0.748. The monoisotopic (exact) mass is 258 g/mol. The van der Waals surface area contributed by atoms with E-state index in [1.54, 1.807) is 0 Å². The highest BCUT2D eigenvalue weighted by Crippen LogP contribution is 2.17. The summed E-state index contributed by atoms with van der Waals surface area (Å²) in [5, 5.41) is 2.61. The molecule has 0 aromatic heterocycles. The van der Waals surface area contributed by atoms with E-state index < -0.39 is 11.6 Å². The second-order valence-electron chi connectivity index (χ2n) is 3.67. The molecule has 3 N–H and O–H groups in total. The molecule has 1 aromatic rings. The maximum absolute atomic E-state index is 13.1. The van der Waals surface area contributed by atoms with Crippen molar-refractivity contribution in [2.45, 2.75) is 12.8 Å². The summed E-state index contributed by atoms with van der Waals surface area (Å²) in [6.45, 7) is 1.02. The molecule has 0 saturated carbocycles. The highest BCUT2D eigenvalue weighted by Gasteiger charge is 2.05.